The number of hydrogen-bond donors (Lipinski definition) is 1. The standard InChI is InChI=1S/C17H16N4O2/c1-21(2)14-7-8-19-15(9-14)17(22)20-13-5-3-12(4-6-13)16-10-18-11-23-16/h3-11H,1-2H3,(H,20,22). The van der Waals surface area contributed by atoms with Crippen molar-refractivity contribution in [3.8, 4) is 11.3 Å². The third-order valence-corrected chi connectivity index (χ3v) is 3.35. The highest BCUT2D eigenvalue weighted by molar-refractivity contribution is 6.03. The Morgan fingerprint density at radius 2 is 1.96 bits per heavy atom. The van der Waals surface area contributed by atoms with Crippen molar-refractivity contribution in [2.75, 3.05) is 24.3 Å². The number of pyridine rings is 1. The summed E-state index contributed by atoms with van der Waals surface area (Å²) in [6, 6.07) is 10.9. The topological polar surface area (TPSA) is 71.3 Å². The molecule has 6 heteroatoms. The van der Waals surface area contributed by atoms with Gasteiger partial charge in [0.05, 0.1) is 6.20 Å². The number of carbonyl (C=O) groups excluding carboxylic acids is 1. The molecule has 23 heavy (non-hydrogen) atoms. The van der Waals surface area contributed by atoms with Gasteiger partial charge < -0.3 is 14.6 Å². The largest absolute Gasteiger partial charge is 0.444 e. The van der Waals surface area contributed by atoms with Crippen molar-refractivity contribution < 1.29 is 9.21 Å². The molecule has 0 aliphatic heterocycles. The second-order valence-corrected chi connectivity index (χ2v) is 5.19. The quantitative estimate of drug-likeness (QED) is 0.802. The van der Waals surface area contributed by atoms with Crippen LogP contribution in [0.5, 0.6) is 0 Å². The monoisotopic (exact) mass is 308 g/mol. The van der Waals surface area contributed by atoms with Crippen LogP contribution >= 0.6 is 0 Å². The number of nitrogens with zero attached hydrogens (tertiary/aromatic N) is 3. The maximum absolute atomic E-state index is 12.3. The SMILES string of the molecule is CN(C)c1ccnc(C(=O)Nc2ccc(-c3cnco3)cc2)c1. The van der Waals surface area contributed by atoms with Crippen molar-refractivity contribution in [2.45, 2.75) is 0 Å². The maximum Gasteiger partial charge on any atom is 0.274 e. The fraction of sp³-hybridized carbons (Fsp3) is 0.118. The van der Waals surface area contributed by atoms with Gasteiger partial charge in [0.15, 0.2) is 12.2 Å². The first-order valence-corrected chi connectivity index (χ1v) is 7.07. The first-order valence-electron chi connectivity index (χ1n) is 7.07. The Labute approximate surface area is 133 Å². The van der Waals surface area contributed by atoms with Crippen LogP contribution in [0.1, 0.15) is 10.5 Å². The second-order valence-electron chi connectivity index (χ2n) is 5.19. The Hall–Kier alpha value is -3.15. The molecular formula is C17H16N4O2. The molecule has 1 aromatic carbocycles. The molecule has 0 fully saturated rings. The second kappa shape index (κ2) is 6.31. The van der Waals surface area contributed by atoms with Crippen molar-refractivity contribution >= 4 is 17.3 Å². The van der Waals surface area contributed by atoms with Gasteiger partial charge in [0.1, 0.15) is 5.69 Å². The summed E-state index contributed by atoms with van der Waals surface area (Å²) in [5.41, 5.74) is 2.88. The first-order chi connectivity index (χ1) is 11.1. The fourth-order valence-corrected chi connectivity index (χ4v) is 2.09. The van der Waals surface area contributed by atoms with Crippen molar-refractivity contribution in [2.24, 2.45) is 0 Å². The third kappa shape index (κ3) is 3.37. The van der Waals surface area contributed by atoms with Gasteiger partial charge in [0.25, 0.3) is 5.91 Å². The lowest BCUT2D eigenvalue weighted by Crippen LogP contribution is -2.15. The molecule has 3 rings (SSSR count). The van der Waals surface area contributed by atoms with Crippen molar-refractivity contribution in [1.82, 2.24) is 9.97 Å². The highest BCUT2D eigenvalue weighted by atomic mass is 16.3. The lowest BCUT2D eigenvalue weighted by molar-refractivity contribution is 0.102. The van der Waals surface area contributed by atoms with E-state index in [1.807, 2.05) is 49.3 Å². The summed E-state index contributed by atoms with van der Waals surface area (Å²) >= 11 is 0. The lowest BCUT2D eigenvalue weighted by atomic mass is 10.1. The van der Waals surface area contributed by atoms with Gasteiger partial charge in [-0.3, -0.25) is 9.78 Å². The smallest absolute Gasteiger partial charge is 0.274 e. The Bertz CT molecular complexity index is 796. The van der Waals surface area contributed by atoms with Crippen LogP contribution in [0.15, 0.2) is 59.6 Å². The molecule has 1 amide bonds. The molecule has 1 N–H and O–H groups in total. The van der Waals surface area contributed by atoms with Crippen LogP contribution in [0.4, 0.5) is 11.4 Å². The molecule has 3 aromatic rings. The maximum atomic E-state index is 12.3. The number of aromatic nitrogens is 2. The Balaban J connectivity index is 1.74. The molecule has 0 saturated heterocycles. The zero-order valence-electron chi connectivity index (χ0n) is 12.9. The number of carbonyl (C=O) groups is 1. The van der Waals surface area contributed by atoms with Gasteiger partial charge in [-0.2, -0.15) is 0 Å². The van der Waals surface area contributed by atoms with E-state index in [0.29, 0.717) is 17.1 Å². The minimum atomic E-state index is -0.249. The predicted octanol–water partition coefficient (Wildman–Crippen LogP) is 3.05. The molecule has 0 aliphatic carbocycles. The van der Waals surface area contributed by atoms with E-state index in [1.54, 1.807) is 18.5 Å². The van der Waals surface area contributed by atoms with Crippen LogP contribution in [0, 0.1) is 0 Å². The van der Waals surface area contributed by atoms with E-state index in [-0.39, 0.29) is 5.91 Å². The third-order valence-electron chi connectivity index (χ3n) is 3.35. The molecule has 2 heterocycles. The van der Waals surface area contributed by atoms with E-state index in [4.69, 9.17) is 4.42 Å². The van der Waals surface area contributed by atoms with E-state index in [0.717, 1.165) is 11.3 Å². The molecule has 116 valence electrons. The minimum Gasteiger partial charge on any atom is -0.444 e. The molecule has 0 unspecified atom stereocenters. The van der Waals surface area contributed by atoms with Gasteiger partial charge >= 0.3 is 0 Å². The summed E-state index contributed by atoms with van der Waals surface area (Å²) in [5, 5.41) is 2.83. The van der Waals surface area contributed by atoms with Crippen LogP contribution < -0.4 is 10.2 Å². The molecule has 6 nitrogen and oxygen atoms in total. The van der Waals surface area contributed by atoms with E-state index < -0.39 is 0 Å². The fourth-order valence-electron chi connectivity index (χ4n) is 2.09. The van der Waals surface area contributed by atoms with Crippen molar-refractivity contribution in [3.05, 3.63) is 60.9 Å². The number of amides is 1. The molecule has 0 aliphatic rings. The van der Waals surface area contributed by atoms with Crippen molar-refractivity contribution in [3.63, 3.8) is 0 Å². The normalized spacial score (nSPS) is 10.3. The van der Waals surface area contributed by atoms with E-state index in [9.17, 15) is 4.79 Å². The van der Waals surface area contributed by atoms with Gasteiger partial charge in [-0.05, 0) is 36.4 Å². The summed E-state index contributed by atoms with van der Waals surface area (Å²) in [6.45, 7) is 0. The summed E-state index contributed by atoms with van der Waals surface area (Å²) in [4.78, 5) is 22.2. The summed E-state index contributed by atoms with van der Waals surface area (Å²) in [5.74, 6) is 0.435. The first kappa shape index (κ1) is 14.8. The van der Waals surface area contributed by atoms with Crippen LogP contribution in [0.25, 0.3) is 11.3 Å². The van der Waals surface area contributed by atoms with Gasteiger partial charge in [-0.1, -0.05) is 0 Å². The zero-order valence-corrected chi connectivity index (χ0v) is 12.9. The summed E-state index contributed by atoms with van der Waals surface area (Å²) < 4.78 is 5.23. The number of oxazole rings is 1. The number of hydrogen-bond acceptors (Lipinski definition) is 5. The van der Waals surface area contributed by atoms with E-state index in [1.165, 1.54) is 6.39 Å². The minimum absolute atomic E-state index is 0.249. The van der Waals surface area contributed by atoms with Crippen LogP contribution in [0.3, 0.4) is 0 Å². The number of anilines is 2. The molecule has 0 saturated carbocycles. The summed E-state index contributed by atoms with van der Waals surface area (Å²) in [7, 11) is 3.83. The van der Waals surface area contributed by atoms with Crippen LogP contribution in [-0.4, -0.2) is 30.0 Å². The number of benzene rings is 1. The summed E-state index contributed by atoms with van der Waals surface area (Å²) in [6.07, 6.45) is 4.65. The highest BCUT2D eigenvalue weighted by Crippen LogP contribution is 2.21. The number of nitrogens with one attached hydrogen (secondary N) is 1. The van der Waals surface area contributed by atoms with Crippen molar-refractivity contribution in [1.29, 1.82) is 0 Å². The van der Waals surface area contributed by atoms with Crippen LogP contribution in [0.2, 0.25) is 0 Å². The Morgan fingerprint density at radius 1 is 1.17 bits per heavy atom. The predicted molar refractivity (Wildman–Crippen MR) is 88.5 cm³/mol. The molecule has 0 spiro atoms. The average molecular weight is 308 g/mol. The average Bonchev–Trinajstić information content (AvgIpc) is 3.10. The highest BCUT2D eigenvalue weighted by Gasteiger charge is 2.09. The van der Waals surface area contributed by atoms with Crippen LogP contribution in [-0.2, 0) is 0 Å². The van der Waals surface area contributed by atoms with Gasteiger partial charge in [0, 0.05) is 37.2 Å². The molecule has 0 bridgehead atoms. The van der Waals surface area contributed by atoms with Gasteiger partial charge in [-0.15, -0.1) is 0 Å². The Morgan fingerprint density at radius 3 is 2.61 bits per heavy atom. The Kier molecular flexibility index (Phi) is 4.05. The molecule has 0 atom stereocenters. The molecule has 0 radical (unpaired) electrons. The van der Waals surface area contributed by atoms with Gasteiger partial charge in [0.2, 0.25) is 0 Å². The lowest BCUT2D eigenvalue weighted by Gasteiger charge is -2.13. The van der Waals surface area contributed by atoms with E-state index in [2.05, 4.69) is 15.3 Å². The number of rotatable bonds is 4. The zero-order chi connectivity index (χ0) is 16.2. The van der Waals surface area contributed by atoms with E-state index >= 15 is 0 Å². The molecular weight excluding hydrogens is 292 g/mol. The molecule has 2 aromatic heterocycles. The van der Waals surface area contributed by atoms with Gasteiger partial charge in [-0.25, -0.2) is 4.98 Å².